The fourth-order valence-corrected chi connectivity index (χ4v) is 1.68. The van der Waals surface area contributed by atoms with Gasteiger partial charge < -0.3 is 5.32 Å². The third kappa shape index (κ3) is 2.92. The van der Waals surface area contributed by atoms with E-state index < -0.39 is 35.0 Å². The summed E-state index contributed by atoms with van der Waals surface area (Å²) in [4.78, 5) is 14.8. The van der Waals surface area contributed by atoms with Crippen molar-refractivity contribution in [2.45, 2.75) is 13.1 Å². The molecule has 0 unspecified atom stereocenters. The Hall–Kier alpha value is -2.45. The molecule has 1 N–H and O–H groups in total. The average Bonchev–Trinajstić information content (AvgIpc) is 2.43. The summed E-state index contributed by atoms with van der Waals surface area (Å²) in [6.45, 7) is 1.18. The van der Waals surface area contributed by atoms with Crippen LogP contribution in [-0.4, -0.2) is 9.55 Å². The molecular weight excluding hydrogens is 309 g/mol. The Morgan fingerprint density at radius 3 is 2.45 bits per heavy atom. The Bertz CT molecular complexity index is 782. The van der Waals surface area contributed by atoms with Crippen molar-refractivity contribution < 1.29 is 22.0 Å². The third-order valence-corrected chi connectivity index (χ3v) is 2.99. The summed E-state index contributed by atoms with van der Waals surface area (Å²) in [7, 11) is 1.17. The van der Waals surface area contributed by atoms with Crippen molar-refractivity contribution >= 4 is 11.6 Å². The molecule has 1 aromatic carbocycles. The first-order chi connectivity index (χ1) is 10.1. The lowest BCUT2D eigenvalue weighted by Crippen LogP contribution is -2.24. The van der Waals surface area contributed by atoms with E-state index in [4.69, 9.17) is 0 Å². The minimum absolute atomic E-state index is 0.291. The van der Waals surface area contributed by atoms with E-state index in [2.05, 4.69) is 10.3 Å². The molecule has 2 rings (SSSR count). The summed E-state index contributed by atoms with van der Waals surface area (Å²) in [6.07, 6.45) is -4.82. The Labute approximate surface area is 121 Å². The summed E-state index contributed by atoms with van der Waals surface area (Å²) in [5.41, 5.74) is -2.97. The van der Waals surface area contributed by atoms with Crippen LogP contribution in [0.1, 0.15) is 11.3 Å². The number of benzene rings is 1. The zero-order chi connectivity index (χ0) is 16.7. The first-order valence-corrected chi connectivity index (χ1v) is 5.98. The molecule has 0 fully saturated rings. The number of halogens is 5. The van der Waals surface area contributed by atoms with E-state index in [9.17, 15) is 26.7 Å². The highest BCUT2D eigenvalue weighted by Crippen LogP contribution is 2.28. The van der Waals surface area contributed by atoms with Gasteiger partial charge in [0.2, 0.25) is 5.95 Å². The molecule has 1 heterocycles. The maximum absolute atomic E-state index is 13.9. The van der Waals surface area contributed by atoms with E-state index in [0.717, 1.165) is 16.7 Å². The standard InChI is InChI=1S/C13H10F5N3O/c1-6-7(14)3-4-8(11(6)15)19-12-20-9(13(16,17)18)5-10(22)21(12)2/h3-5H,1-2H3,(H,19,20). The minimum atomic E-state index is -4.82. The Kier molecular flexibility index (Phi) is 3.90. The highest BCUT2D eigenvalue weighted by atomic mass is 19.4. The van der Waals surface area contributed by atoms with Gasteiger partial charge in [-0.05, 0) is 19.1 Å². The molecule has 4 nitrogen and oxygen atoms in total. The van der Waals surface area contributed by atoms with Crippen LogP contribution < -0.4 is 10.9 Å². The maximum atomic E-state index is 13.9. The fraction of sp³-hybridized carbons (Fsp3) is 0.231. The zero-order valence-electron chi connectivity index (χ0n) is 11.4. The molecule has 0 amide bonds. The number of nitrogens with zero attached hydrogens (tertiary/aromatic N) is 2. The molecule has 0 saturated carbocycles. The molecular formula is C13H10F5N3O. The quantitative estimate of drug-likeness (QED) is 0.865. The summed E-state index contributed by atoms with van der Waals surface area (Å²) >= 11 is 0. The molecule has 22 heavy (non-hydrogen) atoms. The lowest BCUT2D eigenvalue weighted by molar-refractivity contribution is -0.141. The van der Waals surface area contributed by atoms with E-state index in [1.54, 1.807) is 0 Å². The van der Waals surface area contributed by atoms with Crippen molar-refractivity contribution in [3.8, 4) is 0 Å². The summed E-state index contributed by atoms with van der Waals surface area (Å²) < 4.78 is 65.8. The smallest absolute Gasteiger partial charge is 0.323 e. The van der Waals surface area contributed by atoms with Crippen molar-refractivity contribution in [1.82, 2.24) is 9.55 Å². The molecule has 1 aromatic heterocycles. The average molecular weight is 319 g/mol. The van der Waals surface area contributed by atoms with Crippen molar-refractivity contribution in [2.24, 2.45) is 7.05 Å². The van der Waals surface area contributed by atoms with Gasteiger partial charge in [-0.1, -0.05) is 0 Å². The van der Waals surface area contributed by atoms with Gasteiger partial charge in [0.05, 0.1) is 5.69 Å². The van der Waals surface area contributed by atoms with Crippen LogP contribution >= 0.6 is 0 Å². The fourth-order valence-electron chi connectivity index (χ4n) is 1.68. The van der Waals surface area contributed by atoms with Crippen LogP contribution in [0.4, 0.5) is 33.6 Å². The second-order valence-electron chi connectivity index (χ2n) is 4.52. The number of anilines is 2. The molecule has 0 aliphatic heterocycles. The molecule has 0 saturated heterocycles. The second-order valence-corrected chi connectivity index (χ2v) is 4.52. The van der Waals surface area contributed by atoms with Gasteiger partial charge in [0.1, 0.15) is 5.82 Å². The minimum Gasteiger partial charge on any atom is -0.323 e. The van der Waals surface area contributed by atoms with Gasteiger partial charge in [0, 0.05) is 18.7 Å². The predicted octanol–water partition coefficient (Wildman–Crippen LogP) is 3.13. The highest BCUT2D eigenvalue weighted by Gasteiger charge is 2.34. The molecule has 0 bridgehead atoms. The topological polar surface area (TPSA) is 46.9 Å². The summed E-state index contributed by atoms with van der Waals surface area (Å²) in [6, 6.07) is 2.29. The molecule has 9 heteroatoms. The van der Waals surface area contributed by atoms with Crippen LogP contribution in [0.5, 0.6) is 0 Å². The van der Waals surface area contributed by atoms with Crippen LogP contribution in [0.15, 0.2) is 23.0 Å². The maximum Gasteiger partial charge on any atom is 0.433 e. The lowest BCUT2D eigenvalue weighted by atomic mass is 10.2. The monoisotopic (exact) mass is 319 g/mol. The van der Waals surface area contributed by atoms with Gasteiger partial charge >= 0.3 is 6.18 Å². The van der Waals surface area contributed by atoms with Crippen molar-refractivity contribution in [3.63, 3.8) is 0 Å². The van der Waals surface area contributed by atoms with E-state index in [1.165, 1.54) is 14.0 Å². The van der Waals surface area contributed by atoms with Crippen LogP contribution in [0.2, 0.25) is 0 Å². The first kappa shape index (κ1) is 15.9. The lowest BCUT2D eigenvalue weighted by Gasteiger charge is -2.14. The van der Waals surface area contributed by atoms with Gasteiger partial charge in [-0.25, -0.2) is 13.8 Å². The van der Waals surface area contributed by atoms with Gasteiger partial charge in [0.25, 0.3) is 5.56 Å². The van der Waals surface area contributed by atoms with Crippen molar-refractivity contribution in [2.75, 3.05) is 5.32 Å². The van der Waals surface area contributed by atoms with Gasteiger partial charge in [-0.15, -0.1) is 0 Å². The zero-order valence-corrected chi connectivity index (χ0v) is 11.4. The van der Waals surface area contributed by atoms with E-state index in [1.807, 2.05) is 0 Å². The van der Waals surface area contributed by atoms with E-state index >= 15 is 0 Å². The first-order valence-electron chi connectivity index (χ1n) is 5.98. The van der Waals surface area contributed by atoms with E-state index in [-0.39, 0.29) is 11.3 Å². The van der Waals surface area contributed by atoms with Crippen molar-refractivity contribution in [1.29, 1.82) is 0 Å². The number of alkyl halides is 3. The number of rotatable bonds is 2. The highest BCUT2D eigenvalue weighted by molar-refractivity contribution is 5.56. The number of hydrogen-bond donors (Lipinski definition) is 1. The Morgan fingerprint density at radius 2 is 1.86 bits per heavy atom. The van der Waals surface area contributed by atoms with Crippen LogP contribution in [-0.2, 0) is 13.2 Å². The Morgan fingerprint density at radius 1 is 1.23 bits per heavy atom. The largest absolute Gasteiger partial charge is 0.433 e. The summed E-state index contributed by atoms with van der Waals surface area (Å²) in [5.74, 6) is -2.29. The number of nitrogens with one attached hydrogen (secondary N) is 1. The SMILES string of the molecule is Cc1c(F)ccc(Nc2nc(C(F)(F)F)cc(=O)n2C)c1F. The number of hydrogen-bond acceptors (Lipinski definition) is 3. The van der Waals surface area contributed by atoms with Gasteiger partial charge in [0.15, 0.2) is 11.5 Å². The second kappa shape index (κ2) is 5.39. The predicted molar refractivity (Wildman–Crippen MR) is 68.9 cm³/mol. The normalized spacial score (nSPS) is 11.6. The van der Waals surface area contributed by atoms with Crippen LogP contribution in [0, 0.1) is 18.6 Å². The van der Waals surface area contributed by atoms with Gasteiger partial charge in [-0.3, -0.25) is 9.36 Å². The number of aromatic nitrogens is 2. The Balaban J connectivity index is 2.53. The molecule has 0 aliphatic carbocycles. The van der Waals surface area contributed by atoms with Crippen molar-refractivity contribution in [3.05, 3.63) is 51.4 Å². The molecule has 0 spiro atoms. The molecule has 118 valence electrons. The molecule has 2 aromatic rings. The van der Waals surface area contributed by atoms with Gasteiger partial charge in [-0.2, -0.15) is 13.2 Å². The van der Waals surface area contributed by atoms with Crippen LogP contribution in [0.25, 0.3) is 0 Å². The summed E-state index contributed by atoms with van der Waals surface area (Å²) in [5, 5.41) is 2.27. The van der Waals surface area contributed by atoms with Crippen LogP contribution in [0.3, 0.4) is 0 Å². The molecule has 0 aliphatic rings. The molecule has 0 radical (unpaired) electrons. The third-order valence-electron chi connectivity index (χ3n) is 2.99. The van der Waals surface area contributed by atoms with E-state index in [0.29, 0.717) is 6.07 Å². The molecule has 0 atom stereocenters.